The van der Waals surface area contributed by atoms with Crippen LogP contribution in [0.15, 0.2) is 72.9 Å². The summed E-state index contributed by atoms with van der Waals surface area (Å²) in [4.78, 5) is 4.69. The van der Waals surface area contributed by atoms with Crippen LogP contribution in [0.2, 0.25) is 0 Å². The van der Waals surface area contributed by atoms with Gasteiger partial charge in [-0.1, -0.05) is 53.6 Å². The average molecular weight is 428 g/mol. The molecule has 0 saturated heterocycles. The minimum atomic E-state index is 0.809. The van der Waals surface area contributed by atoms with Gasteiger partial charge in [0.15, 0.2) is 0 Å². The molecule has 2 aromatic carbocycles. The molecule has 1 aliphatic rings. The van der Waals surface area contributed by atoms with Crippen LogP contribution in [0.1, 0.15) is 40.3 Å². The lowest BCUT2D eigenvalue weighted by Crippen LogP contribution is -2.26. The van der Waals surface area contributed by atoms with E-state index in [0.29, 0.717) is 0 Å². The van der Waals surface area contributed by atoms with Crippen molar-refractivity contribution in [3.05, 3.63) is 106 Å². The molecule has 168 valence electrons. The van der Waals surface area contributed by atoms with Gasteiger partial charge in [-0.2, -0.15) is 0 Å². The third-order valence-corrected chi connectivity index (χ3v) is 5.85. The van der Waals surface area contributed by atoms with Gasteiger partial charge < -0.3 is 15.1 Å². The van der Waals surface area contributed by atoms with Crippen LogP contribution in [0, 0.1) is 41.5 Å². The van der Waals surface area contributed by atoms with Crippen LogP contribution < -0.4 is 15.1 Å². The molecule has 0 bridgehead atoms. The summed E-state index contributed by atoms with van der Waals surface area (Å²) >= 11 is 0. The number of hydrogen-bond donors (Lipinski definition) is 1. The summed E-state index contributed by atoms with van der Waals surface area (Å²) in [5.74, 6) is 1.18. The molecular weight excluding hydrogens is 390 g/mol. The molecule has 0 amide bonds. The van der Waals surface area contributed by atoms with Crippen molar-refractivity contribution >= 4 is 11.4 Å². The molecule has 32 heavy (non-hydrogen) atoms. The van der Waals surface area contributed by atoms with Crippen LogP contribution in [-0.2, 0) is 0 Å². The van der Waals surface area contributed by atoms with Gasteiger partial charge in [0.25, 0.3) is 0 Å². The van der Waals surface area contributed by atoms with Gasteiger partial charge in [0.1, 0.15) is 5.82 Å². The zero-order valence-corrected chi connectivity index (χ0v) is 20.7. The van der Waals surface area contributed by atoms with E-state index in [0.717, 1.165) is 13.1 Å². The predicted octanol–water partition coefficient (Wildman–Crippen LogP) is 6.90. The fraction of sp³-hybridized carbons (Fsp3) is 0.310. The Bertz CT molecular complexity index is 986. The molecule has 0 atom stereocenters. The molecule has 1 heterocycles. The second-order valence-electron chi connectivity index (χ2n) is 8.89. The number of aryl methyl sites for hydroxylation is 6. The Hall–Kier alpha value is -3.04. The summed E-state index contributed by atoms with van der Waals surface area (Å²) in [5, 5.41) is 3.35. The summed E-state index contributed by atoms with van der Waals surface area (Å²) in [6.45, 7) is 20.7. The summed E-state index contributed by atoms with van der Waals surface area (Å²) in [6, 6.07) is 9.07. The zero-order valence-electron chi connectivity index (χ0n) is 20.7. The van der Waals surface area contributed by atoms with Crippen molar-refractivity contribution in [2.24, 2.45) is 0 Å². The number of anilines is 2. The molecule has 0 saturated carbocycles. The third kappa shape index (κ3) is 4.89. The highest BCUT2D eigenvalue weighted by atomic mass is 15.4. The van der Waals surface area contributed by atoms with E-state index < -0.39 is 0 Å². The topological polar surface area (TPSA) is 18.5 Å². The number of hydrogen-bond acceptors (Lipinski definition) is 3. The predicted molar refractivity (Wildman–Crippen MR) is 140 cm³/mol. The molecule has 2 aromatic rings. The van der Waals surface area contributed by atoms with Gasteiger partial charge in [-0.3, -0.25) is 0 Å². The van der Waals surface area contributed by atoms with Crippen molar-refractivity contribution in [1.82, 2.24) is 5.32 Å². The summed E-state index contributed by atoms with van der Waals surface area (Å²) in [6.07, 6.45) is 10.7. The first-order valence-corrected chi connectivity index (χ1v) is 11.4. The molecule has 3 rings (SSSR count). The molecule has 3 nitrogen and oxygen atoms in total. The zero-order chi connectivity index (χ0) is 23.4. The van der Waals surface area contributed by atoms with Crippen LogP contribution in [0.4, 0.5) is 11.4 Å². The van der Waals surface area contributed by atoms with E-state index in [1.807, 2.05) is 6.08 Å². The third-order valence-electron chi connectivity index (χ3n) is 5.85. The largest absolute Gasteiger partial charge is 0.310 e. The Balaban J connectivity index is 2.13. The fourth-order valence-corrected chi connectivity index (χ4v) is 4.82. The average Bonchev–Trinajstić information content (AvgIpc) is 3.10. The van der Waals surface area contributed by atoms with Crippen molar-refractivity contribution in [1.29, 1.82) is 0 Å². The number of allylic oxidation sites excluding steroid dienone is 2. The van der Waals surface area contributed by atoms with Crippen LogP contribution in [0.3, 0.4) is 0 Å². The van der Waals surface area contributed by atoms with Crippen LogP contribution in [-0.4, -0.2) is 13.1 Å². The molecule has 0 radical (unpaired) electrons. The second kappa shape index (κ2) is 10.1. The van der Waals surface area contributed by atoms with E-state index in [-0.39, 0.29) is 0 Å². The number of nitrogens with zero attached hydrogens (tertiary/aromatic N) is 2. The Morgan fingerprint density at radius 1 is 0.781 bits per heavy atom. The van der Waals surface area contributed by atoms with Crippen molar-refractivity contribution in [3.63, 3.8) is 0 Å². The van der Waals surface area contributed by atoms with Crippen LogP contribution in [0.5, 0.6) is 0 Å². The lowest BCUT2D eigenvalue weighted by atomic mass is 10.0. The standard InChI is InChI=1S/C29H37N3/c1-9-12-30-13-10-11-22(4)29-31(27-23(5)16-20(2)17-24(27)6)14-15-32(29)28-25(7)18-21(3)19-26(28)8/h9-11,14-19,30H,1,12-13H2,2-8H3/b11-10+. The molecule has 0 aromatic heterocycles. The monoisotopic (exact) mass is 427 g/mol. The van der Waals surface area contributed by atoms with Gasteiger partial charge in [-0.15, -0.1) is 6.58 Å². The Kier molecular flexibility index (Phi) is 7.42. The quantitative estimate of drug-likeness (QED) is 0.383. The minimum absolute atomic E-state index is 0.809. The van der Waals surface area contributed by atoms with Crippen molar-refractivity contribution < 1.29 is 0 Å². The first-order valence-electron chi connectivity index (χ1n) is 11.4. The maximum Gasteiger partial charge on any atom is 0.124 e. The van der Waals surface area contributed by atoms with E-state index in [1.54, 1.807) is 0 Å². The van der Waals surface area contributed by atoms with Crippen LogP contribution in [0.25, 0.3) is 0 Å². The molecule has 0 spiro atoms. The maximum atomic E-state index is 3.77. The van der Waals surface area contributed by atoms with E-state index in [4.69, 9.17) is 0 Å². The molecular formula is C29H37N3. The molecule has 1 aliphatic heterocycles. The summed E-state index contributed by atoms with van der Waals surface area (Å²) in [5.41, 5.74) is 11.5. The van der Waals surface area contributed by atoms with E-state index in [2.05, 4.69) is 119 Å². The smallest absolute Gasteiger partial charge is 0.124 e. The van der Waals surface area contributed by atoms with Crippen molar-refractivity contribution in [2.75, 3.05) is 22.9 Å². The number of rotatable bonds is 7. The SMILES string of the molecule is C=CCNC/C=C/C(C)=C1N(c2c(C)cc(C)cc2C)C=CN1c1c(C)cc(C)cc1C. The Morgan fingerprint density at radius 2 is 1.22 bits per heavy atom. The van der Waals surface area contributed by atoms with Gasteiger partial charge in [-0.25, -0.2) is 0 Å². The Labute approximate surface area is 194 Å². The molecule has 0 aliphatic carbocycles. The van der Waals surface area contributed by atoms with Gasteiger partial charge in [0.05, 0.1) is 11.4 Å². The number of nitrogens with one attached hydrogen (secondary N) is 1. The highest BCUT2D eigenvalue weighted by Gasteiger charge is 2.28. The first-order chi connectivity index (χ1) is 15.2. The second-order valence-corrected chi connectivity index (χ2v) is 8.89. The van der Waals surface area contributed by atoms with E-state index in [1.165, 1.54) is 56.1 Å². The Morgan fingerprint density at radius 3 is 1.62 bits per heavy atom. The lowest BCUT2D eigenvalue weighted by Gasteiger charge is -2.31. The van der Waals surface area contributed by atoms with Gasteiger partial charge in [-0.05, 0) is 76.3 Å². The van der Waals surface area contributed by atoms with Gasteiger partial charge >= 0.3 is 0 Å². The summed E-state index contributed by atoms with van der Waals surface area (Å²) < 4.78 is 0. The maximum absolute atomic E-state index is 3.77. The minimum Gasteiger partial charge on any atom is -0.310 e. The van der Waals surface area contributed by atoms with Gasteiger partial charge in [0, 0.05) is 25.5 Å². The lowest BCUT2D eigenvalue weighted by molar-refractivity contribution is 0.843. The highest BCUT2D eigenvalue weighted by Crippen LogP contribution is 2.40. The van der Waals surface area contributed by atoms with Crippen molar-refractivity contribution in [3.8, 4) is 0 Å². The summed E-state index contributed by atoms with van der Waals surface area (Å²) in [7, 11) is 0. The van der Waals surface area contributed by atoms with Crippen LogP contribution >= 0.6 is 0 Å². The molecule has 3 heteroatoms. The normalized spacial score (nSPS) is 13.5. The molecule has 0 unspecified atom stereocenters. The van der Waals surface area contributed by atoms with Gasteiger partial charge in [0.2, 0.25) is 0 Å². The molecule has 1 N–H and O–H groups in total. The van der Waals surface area contributed by atoms with Crippen molar-refractivity contribution in [2.45, 2.75) is 48.5 Å². The molecule has 0 fully saturated rings. The fourth-order valence-electron chi connectivity index (χ4n) is 4.82. The van der Waals surface area contributed by atoms with E-state index >= 15 is 0 Å². The number of benzene rings is 2. The van der Waals surface area contributed by atoms with E-state index in [9.17, 15) is 0 Å². The first kappa shape index (κ1) is 23.6. The highest BCUT2D eigenvalue weighted by molar-refractivity contribution is 5.76.